The molecule has 0 fully saturated rings. The summed E-state index contributed by atoms with van der Waals surface area (Å²) in [6.07, 6.45) is 0. The van der Waals surface area contributed by atoms with Crippen molar-refractivity contribution in [1.29, 1.82) is 0 Å². The van der Waals surface area contributed by atoms with E-state index in [0.29, 0.717) is 5.92 Å². The summed E-state index contributed by atoms with van der Waals surface area (Å²) in [6, 6.07) is 6.80. The van der Waals surface area contributed by atoms with Crippen LogP contribution in [0.15, 0.2) is 18.2 Å². The van der Waals surface area contributed by atoms with Gasteiger partial charge in [-0.15, -0.1) is 0 Å². The maximum absolute atomic E-state index is 2.57. The molecular weight excluding hydrogens is 194 g/mol. The van der Waals surface area contributed by atoms with Crippen molar-refractivity contribution < 1.29 is 0 Å². The van der Waals surface area contributed by atoms with Gasteiger partial charge in [-0.1, -0.05) is 45.9 Å². The zero-order chi connectivity index (χ0) is 11.7. The number of rotatable bonds is 3. The lowest BCUT2D eigenvalue weighted by Crippen LogP contribution is -2.21. The van der Waals surface area contributed by atoms with Gasteiger partial charge in [0.25, 0.3) is 0 Å². The Kier molecular flexibility index (Phi) is 3.34. The Hall–Kier alpha value is -0.820. The molecule has 0 spiro atoms. The van der Waals surface area contributed by atoms with Crippen LogP contribution >= 0.6 is 0 Å². The highest BCUT2D eigenvalue weighted by Gasteiger charge is 2.22. The molecule has 0 atom stereocenters. The molecule has 0 unspecified atom stereocenters. The summed E-state index contributed by atoms with van der Waals surface area (Å²) in [4.78, 5) is 2.57. The Morgan fingerprint density at radius 1 is 1.12 bits per heavy atom. The van der Waals surface area contributed by atoms with Gasteiger partial charge in [-0.2, -0.15) is 0 Å². The molecule has 16 heavy (non-hydrogen) atoms. The van der Waals surface area contributed by atoms with Gasteiger partial charge in [0, 0.05) is 19.6 Å². The molecule has 1 heteroatoms. The van der Waals surface area contributed by atoms with E-state index in [1.165, 1.54) is 6.54 Å². The van der Waals surface area contributed by atoms with Crippen LogP contribution in [0.5, 0.6) is 0 Å². The first-order chi connectivity index (χ1) is 7.58. The third kappa shape index (κ3) is 2.30. The maximum atomic E-state index is 2.57. The molecular formula is C15H23N. The van der Waals surface area contributed by atoms with E-state index in [1.807, 2.05) is 0 Å². The molecule has 2 rings (SSSR count). The van der Waals surface area contributed by atoms with E-state index in [-0.39, 0.29) is 0 Å². The Morgan fingerprint density at radius 2 is 1.88 bits per heavy atom. The highest BCUT2D eigenvalue weighted by Crippen LogP contribution is 2.30. The van der Waals surface area contributed by atoms with E-state index >= 15 is 0 Å². The standard InChI is InChI=1S/C15H23N/c1-11(2)8-16-9-13-6-5-7-14(12(3)4)15(13)10-16/h5-7,11-12H,8-10H2,1-4H3. The molecule has 1 aliphatic heterocycles. The van der Waals surface area contributed by atoms with Crippen molar-refractivity contribution in [3.8, 4) is 0 Å². The quantitative estimate of drug-likeness (QED) is 0.744. The summed E-state index contributed by atoms with van der Waals surface area (Å²) in [5.41, 5.74) is 4.69. The van der Waals surface area contributed by atoms with Gasteiger partial charge in [-0.3, -0.25) is 4.90 Å². The smallest absolute Gasteiger partial charge is 0.0243 e. The fourth-order valence-corrected chi connectivity index (χ4v) is 2.70. The molecule has 0 N–H and O–H groups in total. The summed E-state index contributed by atoms with van der Waals surface area (Å²) < 4.78 is 0. The summed E-state index contributed by atoms with van der Waals surface area (Å²) in [5, 5.41) is 0. The van der Waals surface area contributed by atoms with Crippen molar-refractivity contribution in [1.82, 2.24) is 4.90 Å². The molecule has 1 aliphatic rings. The molecule has 1 heterocycles. The van der Waals surface area contributed by atoms with Crippen molar-refractivity contribution in [2.75, 3.05) is 6.54 Å². The zero-order valence-electron chi connectivity index (χ0n) is 11.0. The first-order valence-corrected chi connectivity index (χ1v) is 6.41. The van der Waals surface area contributed by atoms with Crippen LogP contribution in [0.25, 0.3) is 0 Å². The third-order valence-corrected chi connectivity index (χ3v) is 3.33. The van der Waals surface area contributed by atoms with E-state index in [2.05, 4.69) is 50.8 Å². The van der Waals surface area contributed by atoms with Crippen LogP contribution < -0.4 is 0 Å². The minimum atomic E-state index is 0.647. The van der Waals surface area contributed by atoms with Gasteiger partial charge in [-0.25, -0.2) is 0 Å². The van der Waals surface area contributed by atoms with Gasteiger partial charge >= 0.3 is 0 Å². The SMILES string of the molecule is CC(C)CN1Cc2cccc(C(C)C)c2C1. The van der Waals surface area contributed by atoms with Gasteiger partial charge in [0.15, 0.2) is 0 Å². The van der Waals surface area contributed by atoms with Crippen molar-refractivity contribution >= 4 is 0 Å². The molecule has 0 amide bonds. The van der Waals surface area contributed by atoms with Gasteiger partial charge in [0.2, 0.25) is 0 Å². The Morgan fingerprint density at radius 3 is 2.50 bits per heavy atom. The van der Waals surface area contributed by atoms with Gasteiger partial charge in [0.1, 0.15) is 0 Å². The minimum absolute atomic E-state index is 0.647. The topological polar surface area (TPSA) is 3.24 Å². The van der Waals surface area contributed by atoms with Crippen LogP contribution in [-0.4, -0.2) is 11.4 Å². The van der Waals surface area contributed by atoms with Crippen LogP contribution in [0.3, 0.4) is 0 Å². The number of benzene rings is 1. The van der Waals surface area contributed by atoms with Crippen LogP contribution in [0.4, 0.5) is 0 Å². The fraction of sp³-hybridized carbons (Fsp3) is 0.600. The number of nitrogens with zero attached hydrogens (tertiary/aromatic N) is 1. The van der Waals surface area contributed by atoms with Gasteiger partial charge in [-0.05, 0) is 28.5 Å². The predicted octanol–water partition coefficient (Wildman–Crippen LogP) is 3.78. The van der Waals surface area contributed by atoms with E-state index in [4.69, 9.17) is 0 Å². The summed E-state index contributed by atoms with van der Waals surface area (Å²) in [6.45, 7) is 12.7. The van der Waals surface area contributed by atoms with Gasteiger partial charge in [0.05, 0.1) is 0 Å². The number of hydrogen-bond donors (Lipinski definition) is 0. The molecule has 0 saturated heterocycles. The average molecular weight is 217 g/mol. The molecule has 0 bridgehead atoms. The molecule has 0 aliphatic carbocycles. The van der Waals surface area contributed by atoms with Crippen molar-refractivity contribution in [3.05, 3.63) is 34.9 Å². The van der Waals surface area contributed by atoms with Crippen molar-refractivity contribution in [3.63, 3.8) is 0 Å². The maximum Gasteiger partial charge on any atom is 0.0243 e. The van der Waals surface area contributed by atoms with Gasteiger partial charge < -0.3 is 0 Å². The highest BCUT2D eigenvalue weighted by molar-refractivity contribution is 5.39. The van der Waals surface area contributed by atoms with Crippen molar-refractivity contribution in [2.24, 2.45) is 5.92 Å². The second-order valence-corrected chi connectivity index (χ2v) is 5.70. The van der Waals surface area contributed by atoms with E-state index in [1.54, 1.807) is 16.7 Å². The number of fused-ring (bicyclic) bond motifs is 1. The second kappa shape index (κ2) is 4.58. The number of hydrogen-bond acceptors (Lipinski definition) is 1. The first-order valence-electron chi connectivity index (χ1n) is 6.41. The molecule has 1 nitrogen and oxygen atoms in total. The fourth-order valence-electron chi connectivity index (χ4n) is 2.70. The Bertz CT molecular complexity index is 366. The third-order valence-electron chi connectivity index (χ3n) is 3.33. The lowest BCUT2D eigenvalue weighted by atomic mass is 9.95. The van der Waals surface area contributed by atoms with Crippen LogP contribution in [-0.2, 0) is 13.1 Å². The monoisotopic (exact) mass is 217 g/mol. The Balaban J connectivity index is 2.20. The summed E-state index contributed by atoms with van der Waals surface area (Å²) in [5.74, 6) is 1.41. The van der Waals surface area contributed by atoms with Crippen LogP contribution in [0.2, 0.25) is 0 Å². The zero-order valence-corrected chi connectivity index (χ0v) is 11.0. The lowest BCUT2D eigenvalue weighted by Gasteiger charge is -2.17. The summed E-state index contributed by atoms with van der Waals surface area (Å²) >= 11 is 0. The molecule has 0 radical (unpaired) electrons. The van der Waals surface area contributed by atoms with Crippen molar-refractivity contribution in [2.45, 2.75) is 46.7 Å². The van der Waals surface area contributed by atoms with Crippen LogP contribution in [0, 0.1) is 5.92 Å². The minimum Gasteiger partial charge on any atom is -0.295 e. The summed E-state index contributed by atoms with van der Waals surface area (Å²) in [7, 11) is 0. The largest absolute Gasteiger partial charge is 0.295 e. The first kappa shape index (κ1) is 11.7. The van der Waals surface area contributed by atoms with Crippen LogP contribution in [0.1, 0.15) is 50.3 Å². The molecule has 0 saturated carbocycles. The normalized spacial score (nSPS) is 16.1. The molecule has 88 valence electrons. The molecule has 1 aromatic carbocycles. The van der Waals surface area contributed by atoms with E-state index < -0.39 is 0 Å². The predicted molar refractivity (Wildman–Crippen MR) is 69.5 cm³/mol. The Labute approximate surface area is 99.5 Å². The lowest BCUT2D eigenvalue weighted by molar-refractivity contribution is 0.251. The van der Waals surface area contributed by atoms with E-state index in [9.17, 15) is 0 Å². The molecule has 0 aromatic heterocycles. The second-order valence-electron chi connectivity index (χ2n) is 5.70. The molecule has 1 aromatic rings. The van der Waals surface area contributed by atoms with E-state index in [0.717, 1.165) is 19.0 Å². The highest BCUT2D eigenvalue weighted by atomic mass is 15.1. The average Bonchev–Trinajstić information content (AvgIpc) is 2.57.